The van der Waals surface area contributed by atoms with E-state index in [1.54, 1.807) is 37.3 Å². The van der Waals surface area contributed by atoms with Crippen LogP contribution in [0.5, 0.6) is 0 Å². The second-order valence-corrected chi connectivity index (χ2v) is 7.31. The predicted octanol–water partition coefficient (Wildman–Crippen LogP) is 1.27. The molecule has 2 N–H and O–H groups in total. The Hall–Kier alpha value is -4.16. The number of benzene rings is 1. The normalized spacial score (nSPS) is 22.2. The molecule has 1 aromatic carbocycles. The van der Waals surface area contributed by atoms with Crippen molar-refractivity contribution in [2.45, 2.75) is 58.5 Å². The van der Waals surface area contributed by atoms with E-state index in [4.69, 9.17) is 23.8 Å². The van der Waals surface area contributed by atoms with Gasteiger partial charge in [-0.15, -0.1) is 0 Å². The van der Waals surface area contributed by atoms with Crippen LogP contribution >= 0.6 is 0 Å². The van der Waals surface area contributed by atoms with Crippen molar-refractivity contribution < 1.29 is 47.8 Å². The summed E-state index contributed by atoms with van der Waals surface area (Å²) in [5, 5.41) is 8.69. The van der Waals surface area contributed by atoms with E-state index in [0.29, 0.717) is 5.69 Å². The predicted molar refractivity (Wildman–Crippen MR) is 119 cm³/mol. The maximum absolute atomic E-state index is 12.2. The molecular formula is C22H27N3O10. The van der Waals surface area contributed by atoms with E-state index in [0.717, 1.165) is 20.8 Å². The molecule has 13 nitrogen and oxygen atoms in total. The van der Waals surface area contributed by atoms with Crippen LogP contribution < -0.4 is 10.6 Å². The van der Waals surface area contributed by atoms with E-state index in [2.05, 4.69) is 15.8 Å². The first-order chi connectivity index (χ1) is 16.6. The summed E-state index contributed by atoms with van der Waals surface area (Å²) in [7, 11) is 0. The molecular weight excluding hydrogens is 466 g/mol. The highest BCUT2D eigenvalue weighted by atomic mass is 16.7. The lowest BCUT2D eigenvalue weighted by molar-refractivity contribution is -0.186. The van der Waals surface area contributed by atoms with Gasteiger partial charge in [0.2, 0.25) is 5.91 Å². The highest BCUT2D eigenvalue weighted by molar-refractivity contribution is 5.90. The highest BCUT2D eigenvalue weighted by Gasteiger charge is 2.50. The third-order valence-corrected chi connectivity index (χ3v) is 4.49. The molecule has 4 atom stereocenters. The SMILES string of the molecule is CCC(=O)N[C@H]1/C(=N/OC(=O)Nc2ccccc2)O[C@H](COC(C)=O)[C@@H](OC(C)=O)[C@@H]1OC(C)=O. The van der Waals surface area contributed by atoms with E-state index >= 15 is 0 Å². The van der Waals surface area contributed by atoms with Crippen LogP contribution in [0.2, 0.25) is 0 Å². The topological polar surface area (TPSA) is 168 Å². The Kier molecular flexibility index (Phi) is 9.99. The van der Waals surface area contributed by atoms with Gasteiger partial charge in [-0.3, -0.25) is 29.3 Å². The average Bonchev–Trinajstić information content (AvgIpc) is 2.79. The number of hydrogen-bond acceptors (Lipinski definition) is 11. The van der Waals surface area contributed by atoms with Crippen molar-refractivity contribution in [3.8, 4) is 0 Å². The summed E-state index contributed by atoms with van der Waals surface area (Å²) in [5.74, 6) is -3.03. The van der Waals surface area contributed by atoms with Crippen molar-refractivity contribution in [1.82, 2.24) is 5.32 Å². The zero-order valence-corrected chi connectivity index (χ0v) is 19.6. The molecule has 0 aromatic heterocycles. The van der Waals surface area contributed by atoms with Gasteiger partial charge in [-0.2, -0.15) is 0 Å². The van der Waals surface area contributed by atoms with E-state index in [1.165, 1.54) is 0 Å². The highest BCUT2D eigenvalue weighted by Crippen LogP contribution is 2.25. The molecule has 0 aliphatic carbocycles. The van der Waals surface area contributed by atoms with Crippen LogP contribution in [0.15, 0.2) is 35.5 Å². The minimum atomic E-state index is -1.35. The molecule has 0 radical (unpaired) electrons. The van der Waals surface area contributed by atoms with Gasteiger partial charge in [0.15, 0.2) is 18.3 Å². The van der Waals surface area contributed by atoms with Crippen molar-refractivity contribution in [1.29, 1.82) is 0 Å². The maximum atomic E-state index is 12.2. The standard InChI is InChI=1S/C22H27N3O10/c1-5-17(29)24-18-20(33-14(4)28)19(32-13(3)27)16(11-31-12(2)26)34-21(18)25-35-22(30)23-15-9-7-6-8-10-15/h6-10,16,18-20H,5,11H2,1-4H3,(H,23,30)(H,24,29)/b25-21-/t16-,18-,19-,20-/m1/s1. The molecule has 2 rings (SSSR count). The Morgan fingerprint density at radius 3 is 2.14 bits per heavy atom. The summed E-state index contributed by atoms with van der Waals surface area (Å²) in [4.78, 5) is 64.3. The molecule has 0 bridgehead atoms. The zero-order valence-electron chi connectivity index (χ0n) is 19.6. The molecule has 2 amide bonds. The van der Waals surface area contributed by atoms with Crippen molar-refractivity contribution >= 4 is 41.5 Å². The van der Waals surface area contributed by atoms with E-state index in [-0.39, 0.29) is 12.3 Å². The fourth-order valence-electron chi connectivity index (χ4n) is 3.07. The van der Waals surface area contributed by atoms with Gasteiger partial charge in [0.1, 0.15) is 12.6 Å². The number of esters is 3. The number of carbonyl (C=O) groups is 5. The molecule has 0 unspecified atom stereocenters. The lowest BCUT2D eigenvalue weighted by Crippen LogP contribution is -2.64. The summed E-state index contributed by atoms with van der Waals surface area (Å²) in [6, 6.07) is 7.08. The molecule has 1 aromatic rings. The molecule has 35 heavy (non-hydrogen) atoms. The van der Waals surface area contributed by atoms with Gasteiger partial charge >= 0.3 is 24.0 Å². The number of anilines is 1. The number of ether oxygens (including phenoxy) is 4. The number of amides is 2. The van der Waals surface area contributed by atoms with E-state index in [9.17, 15) is 24.0 Å². The van der Waals surface area contributed by atoms with Gasteiger partial charge < -0.3 is 24.3 Å². The van der Waals surface area contributed by atoms with Crippen LogP contribution in [-0.2, 0) is 43.0 Å². The molecule has 1 aliphatic rings. The summed E-state index contributed by atoms with van der Waals surface area (Å²) in [5.41, 5.74) is 0.429. The molecule has 0 saturated carbocycles. The maximum Gasteiger partial charge on any atom is 0.437 e. The van der Waals surface area contributed by atoms with Crippen LogP contribution in [0.1, 0.15) is 34.1 Å². The number of oxime groups is 1. The van der Waals surface area contributed by atoms with Gasteiger partial charge in [-0.1, -0.05) is 25.1 Å². The minimum absolute atomic E-state index is 0.0427. The van der Waals surface area contributed by atoms with Crippen molar-refractivity contribution in [2.24, 2.45) is 5.16 Å². The summed E-state index contributed by atoms with van der Waals surface area (Å²) >= 11 is 0. The van der Waals surface area contributed by atoms with Crippen molar-refractivity contribution in [3.05, 3.63) is 30.3 Å². The van der Waals surface area contributed by atoms with Crippen LogP contribution in [-0.4, -0.2) is 66.8 Å². The van der Waals surface area contributed by atoms with E-state index in [1.807, 2.05) is 0 Å². The Morgan fingerprint density at radius 2 is 1.57 bits per heavy atom. The van der Waals surface area contributed by atoms with Crippen LogP contribution in [0.25, 0.3) is 0 Å². The van der Waals surface area contributed by atoms with Gasteiger partial charge in [0, 0.05) is 32.9 Å². The molecule has 1 saturated heterocycles. The Labute approximate surface area is 201 Å². The third kappa shape index (κ3) is 8.61. The van der Waals surface area contributed by atoms with Crippen molar-refractivity contribution in [2.75, 3.05) is 11.9 Å². The van der Waals surface area contributed by atoms with Crippen LogP contribution in [0.3, 0.4) is 0 Å². The van der Waals surface area contributed by atoms with Crippen molar-refractivity contribution in [3.63, 3.8) is 0 Å². The fraction of sp³-hybridized carbons (Fsp3) is 0.455. The first-order valence-corrected chi connectivity index (χ1v) is 10.7. The molecule has 190 valence electrons. The quantitative estimate of drug-likeness (QED) is 0.233. The number of para-hydroxylation sites is 1. The Morgan fingerprint density at radius 1 is 0.943 bits per heavy atom. The molecule has 1 heterocycles. The lowest BCUT2D eigenvalue weighted by Gasteiger charge is -2.41. The number of nitrogens with zero attached hydrogens (tertiary/aromatic N) is 1. The minimum Gasteiger partial charge on any atom is -0.466 e. The summed E-state index contributed by atoms with van der Waals surface area (Å²) in [6.07, 6.45) is -4.78. The third-order valence-electron chi connectivity index (χ3n) is 4.49. The van der Waals surface area contributed by atoms with Gasteiger partial charge in [0.05, 0.1) is 0 Å². The average molecular weight is 493 g/mol. The number of nitrogens with one attached hydrogen (secondary N) is 2. The first-order valence-electron chi connectivity index (χ1n) is 10.7. The number of carbonyl (C=O) groups excluding carboxylic acids is 5. The second-order valence-electron chi connectivity index (χ2n) is 7.31. The van der Waals surface area contributed by atoms with Crippen LogP contribution in [0, 0.1) is 0 Å². The fourth-order valence-corrected chi connectivity index (χ4v) is 3.07. The van der Waals surface area contributed by atoms with Crippen LogP contribution in [0.4, 0.5) is 10.5 Å². The summed E-state index contributed by atoms with van der Waals surface area (Å²) < 4.78 is 21.3. The molecule has 1 fully saturated rings. The summed E-state index contributed by atoms with van der Waals surface area (Å²) in [6.45, 7) is 4.54. The van der Waals surface area contributed by atoms with Gasteiger partial charge in [-0.25, -0.2) is 4.79 Å². The number of rotatable bonds is 8. The monoisotopic (exact) mass is 493 g/mol. The first kappa shape index (κ1) is 27.1. The van der Waals surface area contributed by atoms with Gasteiger partial charge in [0.25, 0.3) is 5.90 Å². The van der Waals surface area contributed by atoms with E-state index < -0.39 is 60.9 Å². The van der Waals surface area contributed by atoms with Gasteiger partial charge in [-0.05, 0) is 17.3 Å². The largest absolute Gasteiger partial charge is 0.466 e. The lowest BCUT2D eigenvalue weighted by atomic mass is 9.96. The Balaban J connectivity index is 2.39. The second kappa shape index (κ2) is 12.9. The molecule has 1 aliphatic heterocycles. The molecule has 0 spiro atoms. The smallest absolute Gasteiger partial charge is 0.437 e. The zero-order chi connectivity index (χ0) is 26.0. The Bertz CT molecular complexity index is 965. The molecule has 13 heteroatoms. The number of hydrogen-bond donors (Lipinski definition) is 2.